The minimum absolute atomic E-state index is 1.17. The van der Waals surface area contributed by atoms with Crippen LogP contribution in [0.1, 0.15) is 0 Å². The molecule has 0 fully saturated rings. The smallest absolute Gasteiger partial charge is 0.0273 e. The van der Waals surface area contributed by atoms with Crippen molar-refractivity contribution in [2.45, 2.75) is 0 Å². The van der Waals surface area contributed by atoms with Crippen LogP contribution in [0.5, 0.6) is 0 Å². The molecule has 0 bridgehead atoms. The Kier molecular flexibility index (Phi) is 9.61. The van der Waals surface area contributed by atoms with Crippen LogP contribution in [0.3, 0.4) is 0 Å². The van der Waals surface area contributed by atoms with E-state index in [9.17, 15) is 0 Å². The van der Waals surface area contributed by atoms with Crippen LogP contribution in [0.2, 0.25) is 0 Å². The Balaban J connectivity index is 1.15. The maximum atomic E-state index is 4.33. The predicted octanol–water partition coefficient (Wildman–Crippen LogP) is 16.7. The molecule has 0 atom stereocenters. The number of aromatic nitrogens is 1. The fraction of sp³-hybridized carbons (Fsp3) is 0. The van der Waals surface area contributed by atoms with Gasteiger partial charge in [-0.25, -0.2) is 0 Å². The molecule has 0 aliphatic carbocycles. The zero-order valence-electron chi connectivity index (χ0n) is 34.1. The summed E-state index contributed by atoms with van der Waals surface area (Å²) in [6.45, 7) is 0. The van der Waals surface area contributed by atoms with Crippen molar-refractivity contribution in [1.29, 1.82) is 0 Å². The first kappa shape index (κ1) is 36.9. The molecule has 0 radical (unpaired) electrons. The summed E-state index contributed by atoms with van der Waals surface area (Å²) in [6.07, 6.45) is 3.77. The lowest BCUT2D eigenvalue weighted by molar-refractivity contribution is 1.33. The lowest BCUT2D eigenvalue weighted by Gasteiger charge is -2.24. The molecule has 1 aromatic heterocycles. The number of rotatable bonds is 8. The highest BCUT2D eigenvalue weighted by molar-refractivity contribution is 6.21. The number of hydrogen-bond acceptors (Lipinski definition) is 1. The lowest BCUT2D eigenvalue weighted by Crippen LogP contribution is -1.98. The highest BCUT2D eigenvalue weighted by atomic mass is 14.6. The molecule has 290 valence electrons. The van der Waals surface area contributed by atoms with E-state index in [1.165, 1.54) is 111 Å². The maximum absolute atomic E-state index is 4.33. The second kappa shape index (κ2) is 16.1. The van der Waals surface area contributed by atoms with Gasteiger partial charge >= 0.3 is 0 Å². The van der Waals surface area contributed by atoms with Crippen LogP contribution in [-0.4, -0.2) is 4.98 Å². The van der Waals surface area contributed by atoms with Gasteiger partial charge in [-0.3, -0.25) is 4.98 Å². The van der Waals surface area contributed by atoms with Gasteiger partial charge in [0.25, 0.3) is 0 Å². The van der Waals surface area contributed by atoms with Gasteiger partial charge in [-0.15, -0.1) is 0 Å². The fourth-order valence-electron chi connectivity index (χ4n) is 9.45. The molecular weight excluding hydrogens is 747 g/mol. The quantitative estimate of drug-likeness (QED) is 0.140. The van der Waals surface area contributed by atoms with Crippen molar-refractivity contribution in [3.8, 4) is 89.0 Å². The maximum Gasteiger partial charge on any atom is 0.0273 e. The van der Waals surface area contributed by atoms with Crippen LogP contribution in [0.25, 0.3) is 111 Å². The van der Waals surface area contributed by atoms with Crippen LogP contribution < -0.4 is 0 Å². The largest absolute Gasteiger partial charge is 0.265 e. The van der Waals surface area contributed by atoms with Crippen LogP contribution in [0, 0.1) is 0 Å². The van der Waals surface area contributed by atoms with Crippen LogP contribution in [0.15, 0.2) is 249 Å². The molecule has 11 aromatic rings. The Hall–Kier alpha value is -8.13. The van der Waals surface area contributed by atoms with Crippen LogP contribution >= 0.6 is 0 Å². The molecule has 0 amide bonds. The monoisotopic (exact) mass is 787 g/mol. The van der Waals surface area contributed by atoms with Crippen molar-refractivity contribution in [3.63, 3.8) is 0 Å². The Labute approximate surface area is 362 Å². The highest BCUT2D eigenvalue weighted by Crippen LogP contribution is 2.51. The summed E-state index contributed by atoms with van der Waals surface area (Å²) in [6, 6.07) is 86.2. The van der Waals surface area contributed by atoms with Crippen molar-refractivity contribution in [2.75, 3.05) is 0 Å². The molecule has 0 aliphatic heterocycles. The first-order chi connectivity index (χ1) is 30.8. The average molecular weight is 788 g/mol. The van der Waals surface area contributed by atoms with Crippen LogP contribution in [-0.2, 0) is 0 Å². The van der Waals surface area contributed by atoms with Crippen LogP contribution in [0.4, 0.5) is 0 Å². The average Bonchev–Trinajstić information content (AvgIpc) is 3.36. The second-order valence-electron chi connectivity index (χ2n) is 15.8. The summed E-state index contributed by atoms with van der Waals surface area (Å²) in [4.78, 5) is 4.33. The van der Waals surface area contributed by atoms with Gasteiger partial charge in [-0.2, -0.15) is 0 Å². The molecule has 62 heavy (non-hydrogen) atoms. The molecule has 0 saturated heterocycles. The molecule has 1 heteroatoms. The van der Waals surface area contributed by atoms with E-state index >= 15 is 0 Å². The zero-order chi connectivity index (χ0) is 41.2. The SMILES string of the molecule is c1ccc(-c2cc(-c3cccc(-c4cccc(-c5c6ccccc6c(-c6ccncc6)c6ccccc56)c4)c3)c(-c3ccccc3)c(-c3ccccc3)c2-c2ccccc2)cc1. The van der Waals surface area contributed by atoms with Gasteiger partial charge in [0.05, 0.1) is 0 Å². The van der Waals surface area contributed by atoms with Gasteiger partial charge in [0.2, 0.25) is 0 Å². The minimum Gasteiger partial charge on any atom is -0.265 e. The standard InChI is InChI=1S/C61H41N/c1-5-19-42(20-6-1)55-41-56(60(44-23-9-3-10-24-44)61(45-25-11-4-12-26-45)59(55)43-21-7-2-8-22-43)49-29-17-27-47(39-49)48-28-18-30-50(40-48)58-53-33-15-13-31-51(53)57(46-35-37-62-38-36-46)52-32-14-16-34-54(52)58/h1-41H. The molecule has 1 heterocycles. The van der Waals surface area contributed by atoms with Gasteiger partial charge in [0.15, 0.2) is 0 Å². The van der Waals surface area contributed by atoms with Crippen molar-refractivity contribution >= 4 is 21.5 Å². The van der Waals surface area contributed by atoms with E-state index < -0.39 is 0 Å². The van der Waals surface area contributed by atoms with Crippen molar-refractivity contribution in [1.82, 2.24) is 4.98 Å². The molecular formula is C61H41N. The molecule has 0 saturated carbocycles. The first-order valence-corrected chi connectivity index (χ1v) is 21.3. The molecule has 0 N–H and O–H groups in total. The van der Waals surface area contributed by atoms with E-state index in [4.69, 9.17) is 0 Å². The molecule has 0 unspecified atom stereocenters. The number of hydrogen-bond donors (Lipinski definition) is 0. The van der Waals surface area contributed by atoms with Gasteiger partial charge in [0, 0.05) is 12.4 Å². The van der Waals surface area contributed by atoms with Crippen molar-refractivity contribution < 1.29 is 0 Å². The van der Waals surface area contributed by atoms with E-state index in [2.05, 4.69) is 242 Å². The van der Waals surface area contributed by atoms with Crippen molar-refractivity contribution in [3.05, 3.63) is 249 Å². The van der Waals surface area contributed by atoms with Gasteiger partial charge in [0.1, 0.15) is 0 Å². The summed E-state index contributed by atoms with van der Waals surface area (Å²) in [5.41, 5.74) is 19.1. The van der Waals surface area contributed by atoms with E-state index in [1.54, 1.807) is 0 Å². The van der Waals surface area contributed by atoms with Gasteiger partial charge < -0.3 is 0 Å². The summed E-state index contributed by atoms with van der Waals surface area (Å²) < 4.78 is 0. The molecule has 1 nitrogen and oxygen atoms in total. The topological polar surface area (TPSA) is 12.9 Å². The lowest BCUT2D eigenvalue weighted by atomic mass is 9.78. The third kappa shape index (κ3) is 6.67. The van der Waals surface area contributed by atoms with Gasteiger partial charge in [-0.05, 0) is 141 Å². The van der Waals surface area contributed by atoms with E-state index in [0.717, 1.165) is 0 Å². The summed E-state index contributed by atoms with van der Waals surface area (Å²) in [7, 11) is 0. The normalized spacial score (nSPS) is 11.2. The number of nitrogens with zero attached hydrogens (tertiary/aromatic N) is 1. The summed E-state index contributed by atoms with van der Waals surface area (Å²) in [5, 5.41) is 4.93. The Morgan fingerprint density at radius 3 is 1.00 bits per heavy atom. The predicted molar refractivity (Wildman–Crippen MR) is 263 cm³/mol. The Morgan fingerprint density at radius 2 is 0.516 bits per heavy atom. The second-order valence-corrected chi connectivity index (χ2v) is 15.8. The molecule has 11 rings (SSSR count). The van der Waals surface area contributed by atoms with Gasteiger partial charge in [-0.1, -0.05) is 206 Å². The summed E-state index contributed by atoms with van der Waals surface area (Å²) in [5.74, 6) is 0. The first-order valence-electron chi connectivity index (χ1n) is 21.3. The summed E-state index contributed by atoms with van der Waals surface area (Å²) >= 11 is 0. The third-order valence-electron chi connectivity index (χ3n) is 12.2. The Morgan fingerprint density at radius 1 is 0.194 bits per heavy atom. The van der Waals surface area contributed by atoms with Crippen molar-refractivity contribution in [2.24, 2.45) is 0 Å². The zero-order valence-corrected chi connectivity index (χ0v) is 34.1. The molecule has 0 aliphatic rings. The molecule has 0 spiro atoms. The number of fused-ring (bicyclic) bond motifs is 2. The fourth-order valence-corrected chi connectivity index (χ4v) is 9.45. The molecule has 10 aromatic carbocycles. The van der Waals surface area contributed by atoms with E-state index in [0.29, 0.717) is 0 Å². The minimum atomic E-state index is 1.17. The number of pyridine rings is 1. The van der Waals surface area contributed by atoms with E-state index in [1.807, 2.05) is 12.4 Å². The van der Waals surface area contributed by atoms with E-state index in [-0.39, 0.29) is 0 Å². The highest BCUT2D eigenvalue weighted by Gasteiger charge is 2.24. The Bertz CT molecular complexity index is 3300. The third-order valence-corrected chi connectivity index (χ3v) is 12.2. The number of benzene rings is 10.